The summed E-state index contributed by atoms with van der Waals surface area (Å²) in [5, 5.41) is 1.62. The molecule has 0 spiro atoms. The summed E-state index contributed by atoms with van der Waals surface area (Å²) in [6.07, 6.45) is 0.803. The van der Waals surface area contributed by atoms with Gasteiger partial charge in [-0.2, -0.15) is 0 Å². The van der Waals surface area contributed by atoms with E-state index in [0.717, 1.165) is 12.0 Å². The molecule has 0 atom stereocenters. The summed E-state index contributed by atoms with van der Waals surface area (Å²) in [4.78, 5) is 32.1. The molecule has 3 rings (SSSR count). The van der Waals surface area contributed by atoms with Crippen LogP contribution in [-0.2, 0) is 17.9 Å². The van der Waals surface area contributed by atoms with Gasteiger partial charge < -0.3 is 4.90 Å². The van der Waals surface area contributed by atoms with Gasteiger partial charge in [-0.3, -0.25) is 14.2 Å². The molecular weight excluding hydrogens is 406 g/mol. The van der Waals surface area contributed by atoms with E-state index in [2.05, 4.69) is 4.98 Å². The molecule has 0 saturated carbocycles. The fourth-order valence-electron chi connectivity index (χ4n) is 3.10. The van der Waals surface area contributed by atoms with Gasteiger partial charge in [0.1, 0.15) is 0 Å². The predicted molar refractivity (Wildman–Crippen MR) is 120 cm³/mol. The number of benzene rings is 2. The van der Waals surface area contributed by atoms with E-state index in [0.29, 0.717) is 40.7 Å². The fraction of sp³-hybridized carbons (Fsp3) is 0.318. The zero-order valence-electron chi connectivity index (χ0n) is 16.6. The van der Waals surface area contributed by atoms with Crippen LogP contribution in [0.5, 0.6) is 0 Å². The molecule has 2 aromatic carbocycles. The monoisotopic (exact) mass is 429 g/mol. The van der Waals surface area contributed by atoms with E-state index in [-0.39, 0.29) is 17.2 Å². The Kier molecular flexibility index (Phi) is 7.34. The van der Waals surface area contributed by atoms with Crippen molar-refractivity contribution in [1.82, 2.24) is 14.5 Å². The zero-order chi connectivity index (χ0) is 20.8. The normalized spacial score (nSPS) is 11.0. The summed E-state index contributed by atoms with van der Waals surface area (Å²) in [7, 11) is 0. The molecular formula is C22H24ClN3O2S. The highest BCUT2D eigenvalue weighted by atomic mass is 35.5. The van der Waals surface area contributed by atoms with Crippen molar-refractivity contribution in [3.05, 3.63) is 69.5 Å². The van der Waals surface area contributed by atoms with Crippen molar-refractivity contribution < 1.29 is 4.79 Å². The summed E-state index contributed by atoms with van der Waals surface area (Å²) in [5.41, 5.74) is 1.55. The van der Waals surface area contributed by atoms with Crippen molar-refractivity contribution in [2.75, 3.05) is 12.3 Å². The summed E-state index contributed by atoms with van der Waals surface area (Å²) in [6, 6.07) is 15.0. The van der Waals surface area contributed by atoms with Gasteiger partial charge in [-0.25, -0.2) is 4.98 Å². The Morgan fingerprint density at radius 1 is 1.17 bits per heavy atom. The Balaban J connectivity index is 1.82. The van der Waals surface area contributed by atoms with Crippen LogP contribution in [0, 0.1) is 0 Å². The Morgan fingerprint density at radius 3 is 2.62 bits per heavy atom. The standard InChI is InChI=1S/C22H24ClN3O2S/c1-3-12-26-21(28)18-11-10-17(23)13-19(18)24-22(26)29-15-20(27)25(4-2)14-16-8-6-5-7-9-16/h5-11,13H,3-4,12,14-15H2,1-2H3. The maximum absolute atomic E-state index is 12.9. The second-order valence-electron chi connectivity index (χ2n) is 6.69. The minimum absolute atomic E-state index is 0.0184. The highest BCUT2D eigenvalue weighted by molar-refractivity contribution is 7.99. The van der Waals surface area contributed by atoms with Crippen LogP contribution in [0.4, 0.5) is 0 Å². The van der Waals surface area contributed by atoms with Crippen LogP contribution in [0.2, 0.25) is 5.02 Å². The van der Waals surface area contributed by atoms with Crippen molar-refractivity contribution in [3.8, 4) is 0 Å². The molecule has 0 aliphatic heterocycles. The van der Waals surface area contributed by atoms with Crippen molar-refractivity contribution in [2.24, 2.45) is 0 Å². The number of halogens is 1. The molecule has 29 heavy (non-hydrogen) atoms. The van der Waals surface area contributed by atoms with Gasteiger partial charge in [0.25, 0.3) is 5.56 Å². The molecule has 152 valence electrons. The molecule has 0 fully saturated rings. The molecule has 1 aromatic heterocycles. The molecule has 1 heterocycles. The van der Waals surface area contributed by atoms with Crippen LogP contribution in [0.15, 0.2) is 58.5 Å². The molecule has 0 N–H and O–H groups in total. The van der Waals surface area contributed by atoms with E-state index in [9.17, 15) is 9.59 Å². The van der Waals surface area contributed by atoms with Crippen LogP contribution < -0.4 is 5.56 Å². The minimum Gasteiger partial charge on any atom is -0.338 e. The number of amides is 1. The maximum Gasteiger partial charge on any atom is 0.262 e. The third-order valence-electron chi connectivity index (χ3n) is 4.60. The Bertz CT molecular complexity index is 1050. The van der Waals surface area contributed by atoms with E-state index < -0.39 is 0 Å². The van der Waals surface area contributed by atoms with Crippen LogP contribution in [-0.4, -0.2) is 32.7 Å². The Labute approximate surface area is 179 Å². The quantitative estimate of drug-likeness (QED) is 0.388. The van der Waals surface area contributed by atoms with E-state index in [4.69, 9.17) is 11.6 Å². The van der Waals surface area contributed by atoms with E-state index in [1.807, 2.05) is 49.1 Å². The second kappa shape index (κ2) is 9.94. The zero-order valence-corrected chi connectivity index (χ0v) is 18.2. The van der Waals surface area contributed by atoms with E-state index in [1.165, 1.54) is 11.8 Å². The number of carbonyl (C=O) groups is 1. The predicted octanol–water partition coefficient (Wildman–Crippen LogP) is 4.60. The Morgan fingerprint density at radius 2 is 1.93 bits per heavy atom. The average molecular weight is 430 g/mol. The number of fused-ring (bicyclic) bond motifs is 1. The van der Waals surface area contributed by atoms with Crippen LogP contribution in [0.3, 0.4) is 0 Å². The van der Waals surface area contributed by atoms with Gasteiger partial charge >= 0.3 is 0 Å². The number of thioether (sulfide) groups is 1. The highest BCUT2D eigenvalue weighted by Gasteiger charge is 2.16. The van der Waals surface area contributed by atoms with Crippen molar-refractivity contribution in [3.63, 3.8) is 0 Å². The first-order chi connectivity index (χ1) is 14.0. The fourth-order valence-corrected chi connectivity index (χ4v) is 4.20. The third-order valence-corrected chi connectivity index (χ3v) is 5.80. The van der Waals surface area contributed by atoms with Gasteiger partial charge in [0.05, 0.1) is 16.7 Å². The number of aromatic nitrogens is 2. The first kappa shape index (κ1) is 21.4. The molecule has 0 radical (unpaired) electrons. The van der Waals surface area contributed by atoms with Crippen LogP contribution in [0.25, 0.3) is 10.9 Å². The van der Waals surface area contributed by atoms with E-state index in [1.54, 1.807) is 22.8 Å². The molecule has 3 aromatic rings. The Hall–Kier alpha value is -2.31. The summed E-state index contributed by atoms with van der Waals surface area (Å²) in [5.74, 6) is 0.243. The summed E-state index contributed by atoms with van der Waals surface area (Å²) >= 11 is 7.37. The smallest absolute Gasteiger partial charge is 0.262 e. The van der Waals surface area contributed by atoms with E-state index >= 15 is 0 Å². The van der Waals surface area contributed by atoms with Gasteiger partial charge in [-0.1, -0.05) is 60.6 Å². The van der Waals surface area contributed by atoms with Crippen molar-refractivity contribution >= 4 is 40.2 Å². The first-order valence-corrected chi connectivity index (χ1v) is 11.0. The summed E-state index contributed by atoms with van der Waals surface area (Å²) < 4.78 is 1.65. The second-order valence-corrected chi connectivity index (χ2v) is 8.07. The number of rotatable bonds is 8. The molecule has 7 heteroatoms. The lowest BCUT2D eigenvalue weighted by atomic mass is 10.2. The van der Waals surface area contributed by atoms with Crippen LogP contribution >= 0.6 is 23.4 Å². The first-order valence-electron chi connectivity index (χ1n) is 9.68. The molecule has 1 amide bonds. The summed E-state index contributed by atoms with van der Waals surface area (Å²) in [6.45, 7) is 5.73. The van der Waals surface area contributed by atoms with Gasteiger partial charge in [0, 0.05) is 24.7 Å². The molecule has 0 saturated heterocycles. The SMILES string of the molecule is CCCn1c(SCC(=O)N(CC)Cc2ccccc2)nc2cc(Cl)ccc2c1=O. The molecule has 0 bridgehead atoms. The number of hydrogen-bond donors (Lipinski definition) is 0. The topological polar surface area (TPSA) is 55.2 Å². The number of hydrogen-bond acceptors (Lipinski definition) is 4. The van der Waals surface area contributed by atoms with Crippen LogP contribution in [0.1, 0.15) is 25.8 Å². The molecule has 0 aliphatic rings. The number of carbonyl (C=O) groups excluding carboxylic acids is 1. The molecule has 0 unspecified atom stereocenters. The van der Waals surface area contributed by atoms with Crippen molar-refractivity contribution in [2.45, 2.75) is 38.5 Å². The van der Waals surface area contributed by atoms with Gasteiger partial charge in [-0.05, 0) is 37.1 Å². The number of nitrogens with zero attached hydrogens (tertiary/aromatic N) is 3. The molecule has 5 nitrogen and oxygen atoms in total. The lowest BCUT2D eigenvalue weighted by Gasteiger charge is -2.21. The maximum atomic E-state index is 12.9. The molecule has 0 aliphatic carbocycles. The van der Waals surface area contributed by atoms with Gasteiger partial charge in [0.2, 0.25) is 5.91 Å². The van der Waals surface area contributed by atoms with Gasteiger partial charge in [-0.15, -0.1) is 0 Å². The average Bonchev–Trinajstić information content (AvgIpc) is 2.73. The lowest BCUT2D eigenvalue weighted by Crippen LogP contribution is -2.32. The largest absolute Gasteiger partial charge is 0.338 e. The van der Waals surface area contributed by atoms with Crippen molar-refractivity contribution in [1.29, 1.82) is 0 Å². The van der Waals surface area contributed by atoms with Gasteiger partial charge in [0.15, 0.2) is 5.16 Å². The lowest BCUT2D eigenvalue weighted by molar-refractivity contribution is -0.128. The highest BCUT2D eigenvalue weighted by Crippen LogP contribution is 2.21. The third kappa shape index (κ3) is 5.19. The minimum atomic E-state index is -0.0971.